The fraction of sp³-hybridized carbons (Fsp3) is 0.846. The molecule has 1 saturated heterocycles. The van der Waals surface area contributed by atoms with Gasteiger partial charge in [-0.3, -0.25) is 9.59 Å². The van der Waals surface area contributed by atoms with Crippen LogP contribution in [0.25, 0.3) is 0 Å². The number of carbonyl (C=O) groups excluding carboxylic acids is 2. The molecule has 118 valence electrons. The Morgan fingerprint density at radius 3 is 2.25 bits per heavy atom. The molecule has 0 bridgehead atoms. The Hall–Kier alpha value is -0.850. The molecule has 1 aliphatic heterocycles. The van der Waals surface area contributed by atoms with Gasteiger partial charge in [0.25, 0.3) is 0 Å². The molecule has 1 rings (SSSR count). The molecule has 0 aromatic heterocycles. The Balaban J connectivity index is 0.00000361. The van der Waals surface area contributed by atoms with Gasteiger partial charge in [0.2, 0.25) is 11.8 Å². The topological polar surface area (TPSA) is 84.7 Å². The van der Waals surface area contributed by atoms with Crippen LogP contribution in [0.1, 0.15) is 27.7 Å². The average molecular weight is 308 g/mol. The molecular weight excluding hydrogens is 282 g/mol. The molecule has 3 atom stereocenters. The zero-order valence-electron chi connectivity index (χ0n) is 12.6. The van der Waals surface area contributed by atoms with Crippen LogP contribution < -0.4 is 11.1 Å². The zero-order valence-corrected chi connectivity index (χ0v) is 13.4. The van der Waals surface area contributed by atoms with Crippen molar-refractivity contribution in [2.45, 2.75) is 45.9 Å². The fourth-order valence-electron chi connectivity index (χ4n) is 2.08. The Kier molecular flexibility index (Phi) is 8.08. The van der Waals surface area contributed by atoms with Crippen LogP contribution in [0, 0.1) is 5.92 Å². The summed E-state index contributed by atoms with van der Waals surface area (Å²) in [6.07, 6.45) is 0.0580. The van der Waals surface area contributed by atoms with E-state index in [0.29, 0.717) is 13.1 Å². The van der Waals surface area contributed by atoms with E-state index in [1.807, 2.05) is 27.7 Å². The number of amides is 2. The lowest BCUT2D eigenvalue weighted by Gasteiger charge is -2.35. The van der Waals surface area contributed by atoms with Gasteiger partial charge >= 0.3 is 0 Å². The van der Waals surface area contributed by atoms with Crippen LogP contribution in [0.5, 0.6) is 0 Å². The first-order valence-corrected chi connectivity index (χ1v) is 6.77. The molecule has 2 amide bonds. The van der Waals surface area contributed by atoms with Gasteiger partial charge in [-0.05, 0) is 19.8 Å². The molecule has 0 radical (unpaired) electrons. The minimum atomic E-state index is -0.574. The lowest BCUT2D eigenvalue weighted by atomic mass is 10.1. The molecule has 0 saturated carbocycles. The van der Waals surface area contributed by atoms with Crippen LogP contribution in [-0.2, 0) is 14.3 Å². The number of halogens is 1. The van der Waals surface area contributed by atoms with E-state index in [2.05, 4.69) is 5.32 Å². The minimum Gasteiger partial charge on any atom is -0.372 e. The van der Waals surface area contributed by atoms with Crippen LogP contribution >= 0.6 is 12.4 Å². The summed E-state index contributed by atoms with van der Waals surface area (Å²) in [6.45, 7) is 8.74. The Morgan fingerprint density at radius 2 is 1.80 bits per heavy atom. The van der Waals surface area contributed by atoms with Crippen molar-refractivity contribution in [3.8, 4) is 0 Å². The van der Waals surface area contributed by atoms with E-state index in [0.717, 1.165) is 0 Å². The van der Waals surface area contributed by atoms with Gasteiger partial charge in [-0.15, -0.1) is 12.4 Å². The third-order valence-corrected chi connectivity index (χ3v) is 3.21. The van der Waals surface area contributed by atoms with Gasteiger partial charge in [0.15, 0.2) is 0 Å². The van der Waals surface area contributed by atoms with Crippen molar-refractivity contribution in [2.24, 2.45) is 11.7 Å². The highest BCUT2D eigenvalue weighted by Crippen LogP contribution is 2.10. The predicted molar refractivity (Wildman–Crippen MR) is 79.7 cm³/mol. The van der Waals surface area contributed by atoms with Gasteiger partial charge in [-0.1, -0.05) is 13.8 Å². The van der Waals surface area contributed by atoms with E-state index >= 15 is 0 Å². The summed E-state index contributed by atoms with van der Waals surface area (Å²) in [5.74, 6) is -0.317. The lowest BCUT2D eigenvalue weighted by molar-refractivity contribution is -0.143. The molecule has 7 heteroatoms. The number of ether oxygens (including phenoxy) is 1. The molecule has 0 aromatic rings. The minimum absolute atomic E-state index is 0. The van der Waals surface area contributed by atoms with Crippen LogP contribution in [0.4, 0.5) is 0 Å². The predicted octanol–water partition coefficient (Wildman–Crippen LogP) is 0.144. The highest BCUT2D eigenvalue weighted by Gasteiger charge is 2.26. The van der Waals surface area contributed by atoms with E-state index in [9.17, 15) is 9.59 Å². The third kappa shape index (κ3) is 5.64. The number of hydrogen-bond donors (Lipinski definition) is 2. The summed E-state index contributed by atoms with van der Waals surface area (Å²) in [6, 6.07) is -0.574. The van der Waals surface area contributed by atoms with E-state index in [-0.39, 0.29) is 48.9 Å². The lowest BCUT2D eigenvalue weighted by Crippen LogP contribution is -2.52. The molecule has 3 N–H and O–H groups in total. The van der Waals surface area contributed by atoms with Crippen molar-refractivity contribution in [1.29, 1.82) is 0 Å². The number of nitrogens with one attached hydrogen (secondary N) is 1. The second-order valence-corrected chi connectivity index (χ2v) is 5.54. The summed E-state index contributed by atoms with van der Waals surface area (Å²) in [7, 11) is 0. The summed E-state index contributed by atoms with van der Waals surface area (Å²) < 4.78 is 5.56. The SMILES string of the molecule is CC(C)[C@H](N)C(=O)NCC(=O)N1C[C@@H](C)O[C@@H](C)C1.Cl. The third-order valence-electron chi connectivity index (χ3n) is 3.21. The molecule has 1 aliphatic rings. The maximum Gasteiger partial charge on any atom is 0.242 e. The Bertz CT molecular complexity index is 329. The summed E-state index contributed by atoms with van der Waals surface area (Å²) in [5, 5.41) is 2.59. The molecule has 0 aromatic carbocycles. The first-order valence-electron chi connectivity index (χ1n) is 6.77. The van der Waals surface area contributed by atoms with Crippen LogP contribution in [0.3, 0.4) is 0 Å². The highest BCUT2D eigenvalue weighted by atomic mass is 35.5. The summed E-state index contributed by atoms with van der Waals surface area (Å²) in [5.41, 5.74) is 5.71. The van der Waals surface area contributed by atoms with E-state index in [1.54, 1.807) is 4.90 Å². The van der Waals surface area contributed by atoms with Crippen molar-refractivity contribution in [1.82, 2.24) is 10.2 Å². The van der Waals surface area contributed by atoms with E-state index < -0.39 is 6.04 Å². The van der Waals surface area contributed by atoms with Crippen molar-refractivity contribution >= 4 is 24.2 Å². The van der Waals surface area contributed by atoms with Gasteiger partial charge in [0, 0.05) is 13.1 Å². The molecular formula is C13H26ClN3O3. The second kappa shape index (κ2) is 8.44. The van der Waals surface area contributed by atoms with Gasteiger partial charge in [0.05, 0.1) is 24.8 Å². The number of nitrogens with zero attached hydrogens (tertiary/aromatic N) is 1. The molecule has 0 aliphatic carbocycles. The average Bonchev–Trinajstić information content (AvgIpc) is 2.33. The highest BCUT2D eigenvalue weighted by molar-refractivity contribution is 5.87. The molecule has 0 spiro atoms. The largest absolute Gasteiger partial charge is 0.372 e. The molecule has 20 heavy (non-hydrogen) atoms. The van der Waals surface area contributed by atoms with Gasteiger partial charge < -0.3 is 20.7 Å². The Labute approximate surface area is 126 Å². The van der Waals surface area contributed by atoms with Crippen LogP contribution in [-0.4, -0.2) is 54.6 Å². The zero-order chi connectivity index (χ0) is 14.6. The van der Waals surface area contributed by atoms with Gasteiger partial charge in [-0.2, -0.15) is 0 Å². The van der Waals surface area contributed by atoms with Crippen molar-refractivity contribution in [3.63, 3.8) is 0 Å². The monoisotopic (exact) mass is 307 g/mol. The maximum atomic E-state index is 12.0. The van der Waals surface area contributed by atoms with Gasteiger partial charge in [-0.25, -0.2) is 0 Å². The molecule has 1 heterocycles. The van der Waals surface area contributed by atoms with Crippen LogP contribution in [0.15, 0.2) is 0 Å². The first kappa shape index (κ1) is 19.1. The second-order valence-electron chi connectivity index (χ2n) is 5.54. The number of nitrogens with two attached hydrogens (primary N) is 1. The number of carbonyl (C=O) groups is 2. The van der Waals surface area contributed by atoms with Crippen molar-refractivity contribution in [3.05, 3.63) is 0 Å². The number of morpholine rings is 1. The van der Waals surface area contributed by atoms with E-state index in [4.69, 9.17) is 10.5 Å². The Morgan fingerprint density at radius 1 is 1.30 bits per heavy atom. The smallest absolute Gasteiger partial charge is 0.242 e. The van der Waals surface area contributed by atoms with E-state index in [1.165, 1.54) is 0 Å². The fourth-order valence-corrected chi connectivity index (χ4v) is 2.08. The quantitative estimate of drug-likeness (QED) is 0.774. The molecule has 6 nitrogen and oxygen atoms in total. The van der Waals surface area contributed by atoms with Crippen molar-refractivity contribution < 1.29 is 14.3 Å². The molecule has 0 unspecified atom stereocenters. The standard InChI is InChI=1S/C13H25N3O3.ClH/c1-8(2)12(14)13(18)15-5-11(17)16-6-9(3)19-10(4)7-16;/h8-10,12H,5-7,14H2,1-4H3,(H,15,18);1H/t9-,10+,12-;/m0./s1. The summed E-state index contributed by atoms with van der Waals surface area (Å²) >= 11 is 0. The summed E-state index contributed by atoms with van der Waals surface area (Å²) in [4.78, 5) is 25.4. The number of rotatable bonds is 4. The van der Waals surface area contributed by atoms with Crippen molar-refractivity contribution in [2.75, 3.05) is 19.6 Å². The molecule has 1 fully saturated rings. The number of hydrogen-bond acceptors (Lipinski definition) is 4. The first-order chi connectivity index (χ1) is 8.81. The normalized spacial score (nSPS) is 24.0. The van der Waals surface area contributed by atoms with Gasteiger partial charge in [0.1, 0.15) is 0 Å². The maximum absolute atomic E-state index is 12.0. The van der Waals surface area contributed by atoms with Crippen LogP contribution in [0.2, 0.25) is 0 Å².